The van der Waals surface area contributed by atoms with Crippen LogP contribution in [0.4, 0.5) is 0 Å². The van der Waals surface area contributed by atoms with Crippen LogP contribution in [0.2, 0.25) is 0 Å². The van der Waals surface area contributed by atoms with Crippen LogP contribution in [0.15, 0.2) is 0 Å². The Morgan fingerprint density at radius 2 is 0.918 bits per heavy atom. The first-order valence-electron chi connectivity index (χ1n) is 27.6. The molecule has 61 heavy (non-hydrogen) atoms. The molecule has 0 bridgehead atoms. The van der Waals surface area contributed by atoms with E-state index in [1.165, 1.54) is 193 Å². The minimum absolute atomic E-state index is 0.0136. The van der Waals surface area contributed by atoms with Crippen molar-refractivity contribution in [2.24, 2.45) is 5.92 Å². The molecule has 362 valence electrons. The predicted molar refractivity (Wildman–Crippen MR) is 266 cm³/mol. The van der Waals surface area contributed by atoms with E-state index >= 15 is 0 Å². The average molecular weight is 861 g/mol. The van der Waals surface area contributed by atoms with E-state index in [0.29, 0.717) is 31.4 Å². The lowest BCUT2D eigenvalue weighted by Gasteiger charge is -2.27. The molecule has 0 aliphatic carbocycles. The van der Waals surface area contributed by atoms with E-state index in [1.807, 2.05) is 0 Å². The maximum Gasteiger partial charge on any atom is 0.305 e. The Labute approximate surface area is 381 Å². The normalized spacial score (nSPS) is 14.3. The highest BCUT2D eigenvalue weighted by molar-refractivity contribution is 5.78. The van der Waals surface area contributed by atoms with Crippen LogP contribution in [-0.4, -0.2) is 98.6 Å². The first-order chi connectivity index (χ1) is 30.0. The summed E-state index contributed by atoms with van der Waals surface area (Å²) < 4.78 is 5.52. The van der Waals surface area contributed by atoms with Crippen molar-refractivity contribution >= 4 is 11.9 Å². The molecule has 1 aliphatic rings. The summed E-state index contributed by atoms with van der Waals surface area (Å²) in [6.45, 7) is 19.6. The molecule has 1 amide bonds. The number of nitrogens with one attached hydrogen (secondary N) is 1. The van der Waals surface area contributed by atoms with Gasteiger partial charge >= 0.3 is 5.97 Å². The second-order valence-corrected chi connectivity index (χ2v) is 19.4. The summed E-state index contributed by atoms with van der Waals surface area (Å²) in [5, 5.41) is 3.71. The molecule has 0 aromatic carbocycles. The molecule has 7 nitrogen and oxygen atoms in total. The molecule has 0 radical (unpaired) electrons. The van der Waals surface area contributed by atoms with E-state index in [9.17, 15) is 9.59 Å². The van der Waals surface area contributed by atoms with Gasteiger partial charge in [-0.25, -0.2) is 0 Å². The highest BCUT2D eigenvalue weighted by atomic mass is 16.5. The number of hydrogen-bond donors (Lipinski definition) is 1. The molecule has 0 aromatic rings. The molecule has 1 fully saturated rings. The monoisotopic (exact) mass is 861 g/mol. The maximum atomic E-state index is 13.8. The third-order valence-corrected chi connectivity index (χ3v) is 13.3. The lowest BCUT2D eigenvalue weighted by molar-refractivity contribution is -0.144. The topological polar surface area (TPSA) is 65.1 Å². The Kier molecular flexibility index (Phi) is 43.0. The molecule has 1 heterocycles. The van der Waals surface area contributed by atoms with Crippen LogP contribution in [0.25, 0.3) is 0 Å². The first-order valence-corrected chi connectivity index (χ1v) is 27.6. The highest BCUT2D eigenvalue weighted by Gasteiger charge is 2.28. The van der Waals surface area contributed by atoms with Crippen LogP contribution in [0.5, 0.6) is 0 Å². The fourth-order valence-electron chi connectivity index (χ4n) is 9.21. The van der Waals surface area contributed by atoms with Crippen LogP contribution in [0, 0.1) is 5.92 Å². The number of unbranched alkanes of at least 4 members (excludes halogenated alkanes) is 29. The van der Waals surface area contributed by atoms with Crippen molar-refractivity contribution in [2.75, 3.05) is 72.1 Å². The van der Waals surface area contributed by atoms with Crippen molar-refractivity contribution in [1.82, 2.24) is 20.0 Å². The van der Waals surface area contributed by atoms with E-state index in [0.717, 1.165) is 90.9 Å². The number of carbonyl (C=O) groups excluding carboxylic acids is 2. The fraction of sp³-hybridized carbons (Fsp3) is 0.963. The quantitative estimate of drug-likeness (QED) is 0.0486. The summed E-state index contributed by atoms with van der Waals surface area (Å²) in [5.74, 6) is 0.895. The van der Waals surface area contributed by atoms with E-state index in [1.54, 1.807) is 0 Å². The van der Waals surface area contributed by atoms with Crippen molar-refractivity contribution in [3.63, 3.8) is 0 Å². The third kappa shape index (κ3) is 37.9. The SMILES string of the molecule is CCCCCCCCCCCCCCN(CCCCCC(=O)OCCCCCCC)CC1CCN(C(=O)CN(CCCCCCCCC)CCNCCCCCCCCC)C1. The van der Waals surface area contributed by atoms with Gasteiger partial charge in [0.05, 0.1) is 13.2 Å². The van der Waals surface area contributed by atoms with Gasteiger partial charge in [0.1, 0.15) is 0 Å². The summed E-state index contributed by atoms with van der Waals surface area (Å²) in [6, 6.07) is 0. The summed E-state index contributed by atoms with van der Waals surface area (Å²) in [4.78, 5) is 33.5. The van der Waals surface area contributed by atoms with Gasteiger partial charge in [-0.2, -0.15) is 0 Å². The Bertz CT molecular complexity index is 934. The number of hydrogen-bond acceptors (Lipinski definition) is 6. The molecule has 1 saturated heterocycles. The van der Waals surface area contributed by atoms with E-state index < -0.39 is 0 Å². The van der Waals surface area contributed by atoms with Crippen molar-refractivity contribution in [2.45, 2.75) is 259 Å². The van der Waals surface area contributed by atoms with Crippen LogP contribution in [0.1, 0.15) is 259 Å². The summed E-state index contributed by atoms with van der Waals surface area (Å²) in [5.41, 5.74) is 0. The molecule has 1 aliphatic heterocycles. The summed E-state index contributed by atoms with van der Waals surface area (Å²) >= 11 is 0. The molecule has 0 aromatic heterocycles. The smallest absolute Gasteiger partial charge is 0.305 e. The molecule has 1 unspecified atom stereocenters. The molecule has 7 heteroatoms. The first kappa shape index (κ1) is 57.8. The number of ether oxygens (including phenoxy) is 1. The summed E-state index contributed by atoms with van der Waals surface area (Å²) in [7, 11) is 0. The molecule has 1 N–H and O–H groups in total. The van der Waals surface area contributed by atoms with E-state index in [2.05, 4.69) is 47.7 Å². The van der Waals surface area contributed by atoms with Gasteiger partial charge in [0.25, 0.3) is 0 Å². The Hall–Kier alpha value is -1.18. The average Bonchev–Trinajstić information content (AvgIpc) is 3.74. The van der Waals surface area contributed by atoms with Crippen LogP contribution in [0.3, 0.4) is 0 Å². The minimum atomic E-state index is -0.0136. The van der Waals surface area contributed by atoms with Crippen molar-refractivity contribution < 1.29 is 14.3 Å². The molecule has 1 atom stereocenters. The fourth-order valence-corrected chi connectivity index (χ4v) is 9.21. The Morgan fingerprint density at radius 3 is 1.43 bits per heavy atom. The van der Waals surface area contributed by atoms with Crippen molar-refractivity contribution in [3.05, 3.63) is 0 Å². The molecule has 0 saturated carbocycles. The van der Waals surface area contributed by atoms with Gasteiger partial charge in [0, 0.05) is 39.1 Å². The summed E-state index contributed by atoms with van der Waals surface area (Å²) in [6.07, 6.45) is 46.0. The van der Waals surface area contributed by atoms with Gasteiger partial charge in [-0.1, -0.05) is 207 Å². The van der Waals surface area contributed by atoms with Crippen molar-refractivity contribution in [3.8, 4) is 0 Å². The van der Waals surface area contributed by atoms with Gasteiger partial charge in [-0.05, 0) is 77.0 Å². The Morgan fingerprint density at radius 1 is 0.492 bits per heavy atom. The highest BCUT2D eigenvalue weighted by Crippen LogP contribution is 2.20. The lowest BCUT2D eigenvalue weighted by atomic mass is 10.0. The largest absolute Gasteiger partial charge is 0.466 e. The molecule has 1 rings (SSSR count). The Balaban J connectivity index is 2.57. The van der Waals surface area contributed by atoms with Crippen molar-refractivity contribution in [1.29, 1.82) is 0 Å². The predicted octanol–water partition coefficient (Wildman–Crippen LogP) is 14.3. The zero-order chi connectivity index (χ0) is 44.1. The van der Waals surface area contributed by atoms with Gasteiger partial charge in [0.2, 0.25) is 5.91 Å². The lowest BCUT2D eigenvalue weighted by Crippen LogP contribution is -2.42. The second kappa shape index (κ2) is 45.4. The van der Waals surface area contributed by atoms with Crippen LogP contribution in [-0.2, 0) is 14.3 Å². The van der Waals surface area contributed by atoms with Crippen LogP contribution < -0.4 is 5.32 Å². The van der Waals surface area contributed by atoms with Gasteiger partial charge in [-0.15, -0.1) is 0 Å². The maximum absolute atomic E-state index is 13.8. The number of likely N-dealkylation sites (tertiary alicyclic amines) is 1. The molecular formula is C54H108N4O3. The number of nitrogens with zero attached hydrogens (tertiary/aromatic N) is 3. The third-order valence-electron chi connectivity index (χ3n) is 13.3. The zero-order valence-electron chi connectivity index (χ0n) is 41.9. The number of rotatable bonds is 48. The molecular weight excluding hydrogens is 753 g/mol. The van der Waals surface area contributed by atoms with E-state index in [4.69, 9.17) is 4.74 Å². The number of carbonyl (C=O) groups is 2. The van der Waals surface area contributed by atoms with E-state index in [-0.39, 0.29) is 5.97 Å². The zero-order valence-corrected chi connectivity index (χ0v) is 41.9. The standard InChI is InChI=1S/C54H108N4O3/c1-5-9-13-17-20-21-22-23-24-27-30-35-43-56(44-37-32-33-39-54(60)61-48-38-31-16-12-8-4)49-52-40-46-58(50-52)53(59)51-57(45-36-29-26-19-15-11-7-3)47-42-55-41-34-28-25-18-14-10-6-2/h52,55H,5-51H2,1-4H3. The number of amides is 1. The second-order valence-electron chi connectivity index (χ2n) is 19.4. The van der Waals surface area contributed by atoms with Gasteiger partial charge in [-0.3, -0.25) is 14.5 Å². The van der Waals surface area contributed by atoms with Gasteiger partial charge in [0.15, 0.2) is 0 Å². The van der Waals surface area contributed by atoms with Crippen LogP contribution >= 0.6 is 0 Å². The molecule has 0 spiro atoms. The minimum Gasteiger partial charge on any atom is -0.466 e. The number of esters is 1. The van der Waals surface area contributed by atoms with Gasteiger partial charge < -0.3 is 19.9 Å².